The summed E-state index contributed by atoms with van der Waals surface area (Å²) in [6.07, 6.45) is 0. The van der Waals surface area contributed by atoms with Crippen molar-refractivity contribution in [3.05, 3.63) is 53.6 Å². The molecule has 2 rings (SSSR count). The summed E-state index contributed by atoms with van der Waals surface area (Å²) in [5.74, 6) is 1.40. The molecule has 1 atom stereocenters. The van der Waals surface area contributed by atoms with Crippen LogP contribution < -0.4 is 5.32 Å². The Kier molecular flexibility index (Phi) is 4.96. The molecule has 0 aliphatic rings. The molecule has 0 spiro atoms. The number of para-hydroxylation sites is 1. The van der Waals surface area contributed by atoms with Crippen LogP contribution in [-0.4, -0.2) is 10.9 Å². The summed E-state index contributed by atoms with van der Waals surface area (Å²) in [5, 5.41) is 13.6. The van der Waals surface area contributed by atoms with Crippen molar-refractivity contribution in [1.29, 1.82) is 0 Å². The van der Waals surface area contributed by atoms with Gasteiger partial charge in [0.15, 0.2) is 0 Å². The molecule has 0 radical (unpaired) electrons. The molecule has 0 fully saturated rings. The van der Waals surface area contributed by atoms with Gasteiger partial charge in [-0.25, -0.2) is 0 Å². The number of hydrogen-bond donors (Lipinski definition) is 2. The lowest BCUT2D eigenvalue weighted by molar-refractivity contribution is 0.465. The van der Waals surface area contributed by atoms with Gasteiger partial charge in [0.25, 0.3) is 0 Å². The van der Waals surface area contributed by atoms with Crippen LogP contribution in [0.4, 0.5) is 5.69 Å². The first-order valence-electron chi connectivity index (χ1n) is 6.89. The van der Waals surface area contributed by atoms with Gasteiger partial charge in [-0.1, -0.05) is 31.2 Å². The Hall–Kier alpha value is -1.61. The van der Waals surface area contributed by atoms with Gasteiger partial charge in [0.1, 0.15) is 5.75 Å². The Bertz CT molecular complexity index is 583. The van der Waals surface area contributed by atoms with E-state index in [4.69, 9.17) is 0 Å². The Labute approximate surface area is 125 Å². The second-order valence-electron chi connectivity index (χ2n) is 4.86. The molecule has 106 valence electrons. The molecule has 3 heteroatoms. The number of aryl methyl sites for hydroxylation is 1. The minimum Gasteiger partial charge on any atom is -0.508 e. The Morgan fingerprint density at radius 3 is 2.65 bits per heavy atom. The maximum Gasteiger partial charge on any atom is 0.121 e. The number of hydrogen-bond acceptors (Lipinski definition) is 3. The van der Waals surface area contributed by atoms with Crippen molar-refractivity contribution >= 4 is 17.4 Å². The Morgan fingerprint density at radius 2 is 1.95 bits per heavy atom. The van der Waals surface area contributed by atoms with Gasteiger partial charge in [0.2, 0.25) is 0 Å². The molecular formula is C17H21NOS. The van der Waals surface area contributed by atoms with E-state index in [9.17, 15) is 5.11 Å². The lowest BCUT2D eigenvalue weighted by atomic mass is 10.0. The van der Waals surface area contributed by atoms with E-state index in [-0.39, 0.29) is 6.04 Å². The van der Waals surface area contributed by atoms with Crippen molar-refractivity contribution in [3.8, 4) is 5.75 Å². The lowest BCUT2D eigenvalue weighted by Crippen LogP contribution is -2.07. The van der Waals surface area contributed by atoms with Crippen molar-refractivity contribution in [2.75, 3.05) is 11.1 Å². The van der Waals surface area contributed by atoms with Crippen LogP contribution >= 0.6 is 11.8 Å². The van der Waals surface area contributed by atoms with Gasteiger partial charge >= 0.3 is 0 Å². The van der Waals surface area contributed by atoms with Crippen LogP contribution in [0.2, 0.25) is 0 Å². The molecule has 2 nitrogen and oxygen atoms in total. The number of benzene rings is 2. The van der Waals surface area contributed by atoms with Gasteiger partial charge in [-0.05, 0) is 43.4 Å². The fourth-order valence-electron chi connectivity index (χ4n) is 2.20. The van der Waals surface area contributed by atoms with E-state index in [0.29, 0.717) is 5.75 Å². The van der Waals surface area contributed by atoms with Gasteiger partial charge in [-0.15, -0.1) is 11.8 Å². The van der Waals surface area contributed by atoms with E-state index >= 15 is 0 Å². The molecule has 0 amide bonds. The average molecular weight is 287 g/mol. The van der Waals surface area contributed by atoms with Gasteiger partial charge in [0.05, 0.1) is 6.04 Å². The van der Waals surface area contributed by atoms with Crippen LogP contribution in [0.1, 0.15) is 31.0 Å². The molecule has 0 bridgehead atoms. The number of phenols is 1. The highest BCUT2D eigenvalue weighted by molar-refractivity contribution is 7.99. The van der Waals surface area contributed by atoms with Crippen molar-refractivity contribution in [3.63, 3.8) is 0 Å². The van der Waals surface area contributed by atoms with E-state index in [0.717, 1.165) is 22.6 Å². The first-order valence-corrected chi connectivity index (χ1v) is 7.88. The first-order chi connectivity index (χ1) is 9.61. The van der Waals surface area contributed by atoms with E-state index in [1.54, 1.807) is 6.07 Å². The molecule has 2 aromatic carbocycles. The predicted octanol–water partition coefficient (Wildman–Crippen LogP) is 4.99. The molecule has 0 aromatic heterocycles. The molecule has 0 aliphatic carbocycles. The van der Waals surface area contributed by atoms with E-state index in [2.05, 4.69) is 37.4 Å². The third-order valence-electron chi connectivity index (χ3n) is 3.21. The Morgan fingerprint density at radius 1 is 1.20 bits per heavy atom. The van der Waals surface area contributed by atoms with Crippen molar-refractivity contribution in [2.45, 2.75) is 31.7 Å². The van der Waals surface area contributed by atoms with Crippen molar-refractivity contribution in [1.82, 2.24) is 0 Å². The standard InChI is InChI=1S/C17H21NOS/c1-4-20-17-8-6-5-7-15(17)18-13(3)14-10-9-12(2)11-16(14)19/h5-11,13,18-19H,4H2,1-3H3. The van der Waals surface area contributed by atoms with Gasteiger partial charge < -0.3 is 10.4 Å². The van der Waals surface area contributed by atoms with Crippen LogP contribution in [-0.2, 0) is 0 Å². The zero-order valence-electron chi connectivity index (χ0n) is 12.2. The van der Waals surface area contributed by atoms with Crippen LogP contribution in [0.3, 0.4) is 0 Å². The van der Waals surface area contributed by atoms with Crippen LogP contribution in [0.5, 0.6) is 5.75 Å². The fraction of sp³-hybridized carbons (Fsp3) is 0.294. The summed E-state index contributed by atoms with van der Waals surface area (Å²) < 4.78 is 0. The number of rotatable bonds is 5. The smallest absolute Gasteiger partial charge is 0.121 e. The normalized spacial score (nSPS) is 12.2. The lowest BCUT2D eigenvalue weighted by Gasteiger charge is -2.19. The molecule has 2 aromatic rings. The quantitative estimate of drug-likeness (QED) is 0.760. The number of phenolic OH excluding ortho intramolecular Hbond substituents is 1. The largest absolute Gasteiger partial charge is 0.508 e. The van der Waals surface area contributed by atoms with Gasteiger partial charge in [-0.3, -0.25) is 0 Å². The minimum atomic E-state index is 0.0641. The SMILES string of the molecule is CCSc1ccccc1NC(C)c1ccc(C)cc1O. The van der Waals surface area contributed by atoms with Crippen LogP contribution in [0.15, 0.2) is 47.4 Å². The number of nitrogens with one attached hydrogen (secondary N) is 1. The molecular weight excluding hydrogens is 266 g/mol. The second-order valence-corrected chi connectivity index (χ2v) is 6.16. The zero-order valence-corrected chi connectivity index (χ0v) is 13.0. The second kappa shape index (κ2) is 6.71. The van der Waals surface area contributed by atoms with Crippen molar-refractivity contribution in [2.24, 2.45) is 0 Å². The van der Waals surface area contributed by atoms with E-state index < -0.39 is 0 Å². The topological polar surface area (TPSA) is 32.3 Å². The molecule has 0 saturated carbocycles. The molecule has 20 heavy (non-hydrogen) atoms. The van der Waals surface area contributed by atoms with E-state index in [1.807, 2.05) is 36.9 Å². The Balaban J connectivity index is 2.21. The maximum absolute atomic E-state index is 10.1. The highest BCUT2D eigenvalue weighted by atomic mass is 32.2. The molecule has 2 N–H and O–H groups in total. The molecule has 0 saturated heterocycles. The van der Waals surface area contributed by atoms with Crippen molar-refractivity contribution < 1.29 is 5.11 Å². The molecule has 0 aliphatic heterocycles. The third kappa shape index (κ3) is 3.48. The summed E-state index contributed by atoms with van der Waals surface area (Å²) in [6.45, 7) is 6.20. The number of anilines is 1. The minimum absolute atomic E-state index is 0.0641. The average Bonchev–Trinajstić information content (AvgIpc) is 2.41. The van der Waals surface area contributed by atoms with Crippen LogP contribution in [0.25, 0.3) is 0 Å². The highest BCUT2D eigenvalue weighted by Gasteiger charge is 2.12. The first kappa shape index (κ1) is 14.8. The van der Waals surface area contributed by atoms with E-state index in [1.165, 1.54) is 4.90 Å². The number of aromatic hydroxyl groups is 1. The van der Waals surface area contributed by atoms with Crippen LogP contribution in [0, 0.1) is 6.92 Å². The summed E-state index contributed by atoms with van der Waals surface area (Å²) >= 11 is 1.82. The third-order valence-corrected chi connectivity index (χ3v) is 4.17. The molecule has 1 unspecified atom stereocenters. The highest BCUT2D eigenvalue weighted by Crippen LogP contribution is 2.32. The van der Waals surface area contributed by atoms with Gasteiger partial charge in [-0.2, -0.15) is 0 Å². The zero-order chi connectivity index (χ0) is 14.5. The predicted molar refractivity (Wildman–Crippen MR) is 87.7 cm³/mol. The molecule has 0 heterocycles. The summed E-state index contributed by atoms with van der Waals surface area (Å²) in [4.78, 5) is 1.24. The summed E-state index contributed by atoms with van der Waals surface area (Å²) in [7, 11) is 0. The van der Waals surface area contributed by atoms with Gasteiger partial charge in [0, 0.05) is 16.1 Å². The monoisotopic (exact) mass is 287 g/mol. The maximum atomic E-state index is 10.1. The summed E-state index contributed by atoms with van der Waals surface area (Å²) in [6, 6.07) is 14.2. The summed E-state index contributed by atoms with van der Waals surface area (Å²) in [5.41, 5.74) is 3.11. The fourth-order valence-corrected chi connectivity index (χ4v) is 2.97. The number of thioether (sulfide) groups is 1.